The van der Waals surface area contributed by atoms with Crippen LogP contribution in [0, 0.1) is 20.8 Å². The number of carbonyl (C=O) groups excluding carboxylic acids is 1. The number of benzene rings is 1. The number of nitrogens with zero attached hydrogens (tertiary/aromatic N) is 1. The van der Waals surface area contributed by atoms with E-state index in [1.165, 1.54) is 13.8 Å². The molecule has 29 heavy (non-hydrogen) atoms. The Kier molecular flexibility index (Phi) is 9.73. The Bertz CT molecular complexity index is 746. The number of nitrogens with one attached hydrogen (secondary N) is 2. The summed E-state index contributed by atoms with van der Waals surface area (Å²) >= 11 is 0. The van der Waals surface area contributed by atoms with Gasteiger partial charge >= 0.3 is 64.5 Å². The first-order valence-electron chi connectivity index (χ1n) is 9.57. The average molecular weight is 439 g/mol. The summed E-state index contributed by atoms with van der Waals surface area (Å²) in [6.45, 7) is 8.18. The molecule has 0 aromatic heterocycles. The molecule has 2 rings (SSSR count). The number of carbonyl (C=O) groups is 1. The number of halogens is 3. The molecular formula is C19H30BF3KN3O2. The zero-order valence-electron chi connectivity index (χ0n) is 18.5. The number of ether oxygens (including phenoxy) is 1. The molecule has 1 heterocycles. The molecule has 1 amide bonds. The predicted octanol–water partition coefficient (Wildman–Crippen LogP) is 0.422. The SMILES string of the molecule is Cc1c(CN2CCNCC2)c(C)c([B-](F)(F)F)c(C)c1NC(=O)OC(C)(C)C.[K+]. The standard InChI is InChI=1S/C19H30BF3N3O2.K/c1-12-15(11-26-9-7-24-8-10-26)13(2)17(14(3)16(12)20(21,22)23)25-18(27)28-19(4,5)6;/h24H,7-11H2,1-6H3,(H,25,27);/q-1;+1. The van der Waals surface area contributed by atoms with E-state index >= 15 is 0 Å². The third-order valence-electron chi connectivity index (χ3n) is 5.01. The van der Waals surface area contributed by atoms with Crippen LogP contribution in [0.1, 0.15) is 43.0 Å². The Morgan fingerprint density at radius 2 is 1.66 bits per heavy atom. The first kappa shape index (κ1) is 26.9. The van der Waals surface area contributed by atoms with E-state index in [0.29, 0.717) is 17.7 Å². The Morgan fingerprint density at radius 3 is 2.14 bits per heavy atom. The van der Waals surface area contributed by atoms with Gasteiger partial charge in [-0.3, -0.25) is 10.2 Å². The molecule has 1 saturated heterocycles. The van der Waals surface area contributed by atoms with Gasteiger partial charge in [-0.1, -0.05) is 11.1 Å². The van der Waals surface area contributed by atoms with E-state index in [1.54, 1.807) is 27.7 Å². The van der Waals surface area contributed by atoms with Gasteiger partial charge in [0.05, 0.1) is 0 Å². The van der Waals surface area contributed by atoms with Crippen LogP contribution in [-0.4, -0.2) is 49.8 Å². The molecule has 0 saturated carbocycles. The van der Waals surface area contributed by atoms with Crippen LogP contribution < -0.4 is 67.5 Å². The van der Waals surface area contributed by atoms with Crippen molar-refractivity contribution in [2.45, 2.75) is 53.7 Å². The van der Waals surface area contributed by atoms with Crippen LogP contribution in [-0.2, 0) is 11.3 Å². The molecule has 0 spiro atoms. The molecule has 1 fully saturated rings. The number of amides is 1. The normalized spacial score (nSPS) is 15.6. The van der Waals surface area contributed by atoms with E-state index in [4.69, 9.17) is 4.74 Å². The van der Waals surface area contributed by atoms with Crippen LogP contribution in [0.4, 0.5) is 23.4 Å². The molecule has 10 heteroatoms. The van der Waals surface area contributed by atoms with E-state index in [-0.39, 0.29) is 68.2 Å². The van der Waals surface area contributed by atoms with Gasteiger partial charge in [0.1, 0.15) is 5.60 Å². The minimum absolute atomic E-state index is 0. The van der Waals surface area contributed by atoms with Crippen molar-refractivity contribution in [2.75, 3.05) is 31.5 Å². The van der Waals surface area contributed by atoms with Gasteiger partial charge in [0.2, 0.25) is 0 Å². The van der Waals surface area contributed by atoms with Gasteiger partial charge in [-0.15, -0.1) is 5.46 Å². The molecule has 0 bridgehead atoms. The Hall–Kier alpha value is -0.0987. The smallest absolute Gasteiger partial charge is 0.445 e. The quantitative estimate of drug-likeness (QED) is 0.669. The molecule has 1 aromatic rings. The predicted molar refractivity (Wildman–Crippen MR) is 107 cm³/mol. The molecule has 2 N–H and O–H groups in total. The van der Waals surface area contributed by atoms with Crippen molar-refractivity contribution in [3.05, 3.63) is 22.3 Å². The van der Waals surface area contributed by atoms with Gasteiger partial charge in [-0.05, 0) is 52.7 Å². The average Bonchev–Trinajstić information content (AvgIpc) is 2.53. The first-order valence-corrected chi connectivity index (χ1v) is 9.57. The van der Waals surface area contributed by atoms with E-state index in [2.05, 4.69) is 15.5 Å². The minimum Gasteiger partial charge on any atom is -0.445 e. The number of anilines is 1. The van der Waals surface area contributed by atoms with Crippen molar-refractivity contribution in [1.82, 2.24) is 10.2 Å². The van der Waals surface area contributed by atoms with Gasteiger partial charge in [0.15, 0.2) is 0 Å². The molecule has 0 radical (unpaired) electrons. The van der Waals surface area contributed by atoms with Crippen LogP contribution in [0.15, 0.2) is 0 Å². The minimum atomic E-state index is -5.22. The zero-order chi connectivity index (χ0) is 21.3. The monoisotopic (exact) mass is 439 g/mol. The van der Waals surface area contributed by atoms with Crippen LogP contribution in [0.3, 0.4) is 0 Å². The number of hydrogen-bond donors (Lipinski definition) is 2. The maximum atomic E-state index is 13.9. The van der Waals surface area contributed by atoms with Crippen LogP contribution >= 0.6 is 0 Å². The Morgan fingerprint density at radius 1 is 1.10 bits per heavy atom. The Labute approximate surface area is 214 Å². The van der Waals surface area contributed by atoms with Gasteiger partial charge in [-0.2, -0.15) is 0 Å². The van der Waals surface area contributed by atoms with Crippen molar-refractivity contribution in [2.24, 2.45) is 0 Å². The van der Waals surface area contributed by atoms with Crippen molar-refractivity contribution in [3.63, 3.8) is 0 Å². The second-order valence-corrected chi connectivity index (χ2v) is 8.37. The fourth-order valence-corrected chi connectivity index (χ4v) is 3.71. The maximum absolute atomic E-state index is 13.9. The van der Waals surface area contributed by atoms with E-state index in [9.17, 15) is 17.7 Å². The summed E-state index contributed by atoms with van der Waals surface area (Å²) in [4.78, 5) is 14.4. The largest absolute Gasteiger partial charge is 1.00 e. The molecule has 158 valence electrons. The zero-order valence-corrected chi connectivity index (χ0v) is 21.6. The molecule has 1 aliphatic heterocycles. The number of hydrogen-bond acceptors (Lipinski definition) is 4. The summed E-state index contributed by atoms with van der Waals surface area (Å²) in [7, 11) is 0. The molecule has 0 atom stereocenters. The van der Waals surface area contributed by atoms with E-state index in [1.807, 2.05) is 0 Å². The van der Waals surface area contributed by atoms with Crippen molar-refractivity contribution in [1.29, 1.82) is 0 Å². The van der Waals surface area contributed by atoms with Crippen molar-refractivity contribution >= 4 is 24.2 Å². The van der Waals surface area contributed by atoms with Crippen molar-refractivity contribution in [3.8, 4) is 0 Å². The van der Waals surface area contributed by atoms with Gasteiger partial charge in [0.25, 0.3) is 0 Å². The van der Waals surface area contributed by atoms with Crippen molar-refractivity contribution < 1.29 is 73.9 Å². The molecule has 1 aliphatic rings. The molecule has 5 nitrogen and oxygen atoms in total. The number of rotatable bonds is 4. The maximum Gasteiger partial charge on any atom is 1.00 e. The fraction of sp³-hybridized carbons (Fsp3) is 0.632. The summed E-state index contributed by atoms with van der Waals surface area (Å²) in [5.74, 6) is 0. The summed E-state index contributed by atoms with van der Waals surface area (Å²) in [5, 5.41) is 5.81. The topological polar surface area (TPSA) is 53.6 Å². The van der Waals surface area contributed by atoms with Gasteiger partial charge in [-0.25, -0.2) is 4.79 Å². The summed E-state index contributed by atoms with van der Waals surface area (Å²) in [6.07, 6.45) is -0.753. The third-order valence-corrected chi connectivity index (χ3v) is 5.01. The Balaban J connectivity index is 0.00000420. The second kappa shape index (κ2) is 10.5. The molecule has 0 unspecified atom stereocenters. The van der Waals surface area contributed by atoms with Crippen LogP contribution in [0.5, 0.6) is 0 Å². The van der Waals surface area contributed by atoms with E-state index < -0.39 is 24.1 Å². The van der Waals surface area contributed by atoms with E-state index in [0.717, 1.165) is 26.2 Å². The van der Waals surface area contributed by atoms with Gasteiger partial charge in [0, 0.05) is 38.4 Å². The third kappa shape index (κ3) is 7.22. The summed E-state index contributed by atoms with van der Waals surface area (Å²) < 4.78 is 46.9. The second-order valence-electron chi connectivity index (χ2n) is 8.37. The van der Waals surface area contributed by atoms with Crippen LogP contribution in [0.2, 0.25) is 0 Å². The van der Waals surface area contributed by atoms with Gasteiger partial charge < -0.3 is 23.0 Å². The summed E-state index contributed by atoms with van der Waals surface area (Å²) in [6, 6.07) is 0. The molecule has 1 aromatic carbocycles. The number of piperazine rings is 1. The fourth-order valence-electron chi connectivity index (χ4n) is 3.71. The first-order chi connectivity index (χ1) is 12.8. The summed E-state index contributed by atoms with van der Waals surface area (Å²) in [5.41, 5.74) is 0.391. The van der Waals surface area contributed by atoms with Crippen LogP contribution in [0.25, 0.3) is 0 Å². The molecular weight excluding hydrogens is 409 g/mol. The molecule has 0 aliphatic carbocycles.